The highest BCUT2D eigenvalue weighted by molar-refractivity contribution is 6.00. The lowest BCUT2D eigenvalue weighted by molar-refractivity contribution is 0.205. The van der Waals surface area contributed by atoms with Crippen LogP contribution in [-0.2, 0) is 0 Å². The maximum absolute atomic E-state index is 14.8. The van der Waals surface area contributed by atoms with Crippen molar-refractivity contribution >= 4 is 11.0 Å². The number of rotatable bonds is 7. The number of aromatic hydroxyl groups is 1. The summed E-state index contributed by atoms with van der Waals surface area (Å²) in [6.45, 7) is 5.92. The smallest absolute Gasteiger partial charge is 0.182 e. The van der Waals surface area contributed by atoms with E-state index >= 15 is 0 Å². The molecule has 8 heteroatoms. The Labute approximate surface area is 209 Å². The molecule has 2 N–H and O–H groups in total. The second-order valence-corrected chi connectivity index (χ2v) is 9.16. The lowest BCUT2D eigenvalue weighted by Gasteiger charge is -2.26. The van der Waals surface area contributed by atoms with Crippen LogP contribution in [0.2, 0.25) is 0 Å². The number of phenols is 1. The molecule has 184 valence electrons. The molecule has 36 heavy (non-hydrogen) atoms. The summed E-state index contributed by atoms with van der Waals surface area (Å²) in [7, 11) is 0. The molecule has 1 aliphatic rings. The molecular weight excluding hydrogens is 457 g/mol. The number of hydrogen-bond acceptors (Lipinski definition) is 6. The monoisotopic (exact) mass is 485 g/mol. The van der Waals surface area contributed by atoms with Crippen LogP contribution in [0.25, 0.3) is 33.4 Å². The topological polar surface area (TPSA) is 98.1 Å². The number of phenolic OH excluding ortho intramolecular Hbond substituents is 1. The Morgan fingerprint density at radius 1 is 1.14 bits per heavy atom. The molecule has 0 aliphatic carbocycles. The van der Waals surface area contributed by atoms with Gasteiger partial charge in [0.05, 0.1) is 23.3 Å². The summed E-state index contributed by atoms with van der Waals surface area (Å²) < 4.78 is 20.7. The Morgan fingerprint density at radius 2 is 1.92 bits per heavy atom. The number of nitrogens with one attached hydrogen (secondary N) is 1. The molecule has 0 atom stereocenters. The molecule has 4 aromatic rings. The fourth-order valence-corrected chi connectivity index (χ4v) is 4.87. The molecule has 3 heterocycles. The van der Waals surface area contributed by atoms with Crippen molar-refractivity contribution in [2.75, 3.05) is 26.2 Å². The predicted octanol–water partition coefficient (Wildman–Crippen LogP) is 5.57. The molecule has 0 bridgehead atoms. The summed E-state index contributed by atoms with van der Waals surface area (Å²) in [5.41, 5.74) is 3.12. The van der Waals surface area contributed by atoms with E-state index in [1.165, 1.54) is 44.5 Å². The van der Waals surface area contributed by atoms with Gasteiger partial charge in [0.2, 0.25) is 0 Å². The minimum atomic E-state index is -0.662. The number of aromatic nitrogens is 3. The molecule has 0 amide bonds. The van der Waals surface area contributed by atoms with Gasteiger partial charge < -0.3 is 14.7 Å². The molecule has 1 fully saturated rings. The number of pyridine rings is 1. The normalized spacial score (nSPS) is 14.1. The Bertz CT molecular complexity index is 1420. The van der Waals surface area contributed by atoms with Gasteiger partial charge in [0.15, 0.2) is 5.65 Å². The Kier molecular flexibility index (Phi) is 6.83. The number of hydrogen-bond donors (Lipinski definition) is 2. The van der Waals surface area contributed by atoms with Crippen LogP contribution in [0, 0.1) is 24.1 Å². The van der Waals surface area contributed by atoms with E-state index < -0.39 is 5.82 Å². The van der Waals surface area contributed by atoms with Crippen LogP contribution < -0.4 is 4.74 Å². The highest BCUT2D eigenvalue weighted by atomic mass is 19.1. The highest BCUT2D eigenvalue weighted by Crippen LogP contribution is 2.39. The van der Waals surface area contributed by atoms with Gasteiger partial charge in [0.1, 0.15) is 23.4 Å². The average Bonchev–Trinajstić information content (AvgIpc) is 3.27. The summed E-state index contributed by atoms with van der Waals surface area (Å²) in [4.78, 5) is 7.00. The number of nitrogens with zero attached hydrogens (tertiary/aromatic N) is 4. The number of H-pyrrole nitrogens is 1. The van der Waals surface area contributed by atoms with Crippen molar-refractivity contribution in [2.45, 2.75) is 32.6 Å². The SMILES string of the molecule is Cc1[nH]nc2nc(-c3ccc(O)cc3F)c(C#N)c(-c3ccc(OCCCN4CCCCC4)cc3)c12. The molecule has 2 aromatic heterocycles. The molecule has 1 aliphatic heterocycles. The van der Waals surface area contributed by atoms with Crippen LogP contribution in [0.1, 0.15) is 36.9 Å². The molecule has 0 radical (unpaired) electrons. The van der Waals surface area contributed by atoms with E-state index in [1.807, 2.05) is 31.2 Å². The number of fused-ring (bicyclic) bond motifs is 1. The molecular formula is C28H28FN5O2. The van der Waals surface area contributed by atoms with Crippen molar-refractivity contribution in [3.8, 4) is 40.0 Å². The van der Waals surface area contributed by atoms with Crippen LogP contribution >= 0.6 is 0 Å². The van der Waals surface area contributed by atoms with Gasteiger partial charge in [-0.1, -0.05) is 18.6 Å². The van der Waals surface area contributed by atoms with E-state index in [0.29, 0.717) is 23.2 Å². The number of benzene rings is 2. The summed E-state index contributed by atoms with van der Waals surface area (Å²) in [5.74, 6) is -0.0991. The average molecular weight is 486 g/mol. The maximum atomic E-state index is 14.8. The van der Waals surface area contributed by atoms with E-state index in [1.54, 1.807) is 0 Å². The number of likely N-dealkylation sites (tertiary alicyclic amines) is 1. The number of aryl methyl sites for hydroxylation is 1. The number of ether oxygens (including phenoxy) is 1. The summed E-state index contributed by atoms with van der Waals surface area (Å²) >= 11 is 0. The molecule has 0 spiro atoms. The van der Waals surface area contributed by atoms with Gasteiger partial charge in [0, 0.05) is 29.4 Å². The van der Waals surface area contributed by atoms with Gasteiger partial charge in [-0.05, 0) is 69.1 Å². The Hall–Kier alpha value is -3.96. The standard InChI is InChI=1S/C28H28FN5O2/c1-18-25-26(19-6-9-21(10-7-19)36-15-5-14-34-12-3-2-4-13-34)23(17-30)27(31-28(25)33-32-18)22-11-8-20(35)16-24(22)29/h6-11,16,35H,2-5,12-15H2,1H3,(H,31,32,33). The van der Waals surface area contributed by atoms with Crippen molar-refractivity contribution in [2.24, 2.45) is 0 Å². The minimum absolute atomic E-state index is 0.127. The van der Waals surface area contributed by atoms with Crippen molar-refractivity contribution in [3.05, 3.63) is 59.5 Å². The largest absolute Gasteiger partial charge is 0.508 e. The van der Waals surface area contributed by atoms with Gasteiger partial charge in [0.25, 0.3) is 0 Å². The van der Waals surface area contributed by atoms with Crippen LogP contribution in [0.4, 0.5) is 4.39 Å². The quantitative estimate of drug-likeness (QED) is 0.332. The number of halogens is 1. The molecule has 0 unspecified atom stereocenters. The lowest BCUT2D eigenvalue weighted by Crippen LogP contribution is -2.31. The third kappa shape index (κ3) is 4.75. The predicted molar refractivity (Wildman–Crippen MR) is 136 cm³/mol. The van der Waals surface area contributed by atoms with Crippen LogP contribution in [0.3, 0.4) is 0 Å². The second-order valence-electron chi connectivity index (χ2n) is 9.16. The van der Waals surface area contributed by atoms with Crippen LogP contribution in [0.15, 0.2) is 42.5 Å². The zero-order chi connectivity index (χ0) is 25.1. The maximum Gasteiger partial charge on any atom is 0.182 e. The summed E-state index contributed by atoms with van der Waals surface area (Å²) in [5, 5.41) is 27.7. The fraction of sp³-hybridized carbons (Fsp3) is 0.321. The third-order valence-corrected chi connectivity index (χ3v) is 6.68. The van der Waals surface area contributed by atoms with Gasteiger partial charge >= 0.3 is 0 Å². The van der Waals surface area contributed by atoms with Crippen LogP contribution in [0.5, 0.6) is 11.5 Å². The first kappa shape index (κ1) is 23.8. The van der Waals surface area contributed by atoms with E-state index in [0.717, 1.165) is 36.0 Å². The van der Waals surface area contributed by atoms with Gasteiger partial charge in [-0.15, -0.1) is 0 Å². The first-order valence-corrected chi connectivity index (χ1v) is 12.3. The fourth-order valence-electron chi connectivity index (χ4n) is 4.87. The van der Waals surface area contributed by atoms with E-state index in [-0.39, 0.29) is 22.6 Å². The summed E-state index contributed by atoms with van der Waals surface area (Å²) in [6.07, 6.45) is 4.88. The van der Waals surface area contributed by atoms with Gasteiger partial charge in [-0.3, -0.25) is 5.10 Å². The number of nitriles is 1. The first-order valence-electron chi connectivity index (χ1n) is 12.3. The Morgan fingerprint density at radius 3 is 2.64 bits per heavy atom. The number of aromatic amines is 1. The molecule has 1 saturated heterocycles. The van der Waals surface area contributed by atoms with Gasteiger partial charge in [-0.2, -0.15) is 10.4 Å². The number of piperidine rings is 1. The van der Waals surface area contributed by atoms with E-state index in [2.05, 4.69) is 26.2 Å². The van der Waals surface area contributed by atoms with Gasteiger partial charge in [-0.25, -0.2) is 9.37 Å². The van der Waals surface area contributed by atoms with Crippen molar-refractivity contribution in [1.82, 2.24) is 20.1 Å². The summed E-state index contributed by atoms with van der Waals surface area (Å²) in [6, 6.07) is 13.6. The second kappa shape index (κ2) is 10.3. The van der Waals surface area contributed by atoms with Crippen LogP contribution in [-0.4, -0.2) is 51.4 Å². The highest BCUT2D eigenvalue weighted by Gasteiger charge is 2.23. The third-order valence-electron chi connectivity index (χ3n) is 6.68. The Balaban J connectivity index is 1.44. The molecule has 2 aromatic carbocycles. The van der Waals surface area contributed by atoms with Crippen molar-refractivity contribution in [1.29, 1.82) is 5.26 Å². The molecule has 7 nitrogen and oxygen atoms in total. The lowest BCUT2D eigenvalue weighted by atomic mass is 9.93. The van der Waals surface area contributed by atoms with E-state index in [4.69, 9.17) is 4.74 Å². The minimum Gasteiger partial charge on any atom is -0.508 e. The zero-order valence-electron chi connectivity index (χ0n) is 20.2. The van der Waals surface area contributed by atoms with Crippen molar-refractivity contribution in [3.63, 3.8) is 0 Å². The molecule has 5 rings (SSSR count). The molecule has 0 saturated carbocycles. The van der Waals surface area contributed by atoms with E-state index in [9.17, 15) is 14.8 Å². The first-order chi connectivity index (χ1) is 17.5. The van der Waals surface area contributed by atoms with Crippen molar-refractivity contribution < 1.29 is 14.2 Å². The zero-order valence-corrected chi connectivity index (χ0v) is 20.2.